The molecule has 1 aromatic rings. The molecule has 9 heteroatoms. The first-order valence-corrected chi connectivity index (χ1v) is 9.09. The Hall–Kier alpha value is -1.46. The van der Waals surface area contributed by atoms with Crippen molar-refractivity contribution in [1.82, 2.24) is 5.32 Å². The largest absolute Gasteiger partial charge is 0.493 e. The van der Waals surface area contributed by atoms with Gasteiger partial charge in [-0.15, -0.1) is 24.0 Å². The van der Waals surface area contributed by atoms with Crippen molar-refractivity contribution < 1.29 is 23.7 Å². The Bertz CT molecular complexity index is 611. The van der Waals surface area contributed by atoms with Crippen LogP contribution >= 0.6 is 24.0 Å². The van der Waals surface area contributed by atoms with Crippen molar-refractivity contribution >= 4 is 35.6 Å². The predicted molar refractivity (Wildman–Crippen MR) is 121 cm³/mol. The van der Waals surface area contributed by atoms with Crippen LogP contribution in [0.4, 0.5) is 5.69 Å². The number of ether oxygens (including phenoxy) is 5. The number of halogens is 1. The molecule has 0 atom stereocenters. The van der Waals surface area contributed by atoms with E-state index < -0.39 is 0 Å². The van der Waals surface area contributed by atoms with E-state index in [9.17, 15) is 0 Å². The van der Waals surface area contributed by atoms with Gasteiger partial charge in [0, 0.05) is 57.5 Å². The molecule has 1 aliphatic rings. The third-order valence-corrected chi connectivity index (χ3v) is 4.63. The molecule has 0 radical (unpaired) electrons. The molecule has 0 spiro atoms. The molecular formula is C19H32IN3O5. The third-order valence-electron chi connectivity index (χ3n) is 4.63. The molecule has 1 aromatic carbocycles. The van der Waals surface area contributed by atoms with Gasteiger partial charge in [0.05, 0.1) is 33.5 Å². The first kappa shape index (κ1) is 24.6. The second kappa shape index (κ2) is 12.2. The van der Waals surface area contributed by atoms with Crippen molar-refractivity contribution in [1.29, 1.82) is 0 Å². The molecule has 0 unspecified atom stereocenters. The van der Waals surface area contributed by atoms with Gasteiger partial charge in [-0.05, 0) is 6.92 Å². The normalized spacial score (nSPS) is 16.0. The summed E-state index contributed by atoms with van der Waals surface area (Å²) in [4.78, 5) is 4.73. The van der Waals surface area contributed by atoms with E-state index in [0.29, 0.717) is 43.0 Å². The maximum Gasteiger partial charge on any atom is 0.203 e. The van der Waals surface area contributed by atoms with Gasteiger partial charge in [0.2, 0.25) is 5.75 Å². The van der Waals surface area contributed by atoms with Crippen LogP contribution in [0.5, 0.6) is 17.2 Å². The molecule has 0 aliphatic carbocycles. The number of anilines is 1. The molecule has 1 aliphatic heterocycles. The van der Waals surface area contributed by atoms with Gasteiger partial charge in [-0.3, -0.25) is 0 Å². The highest BCUT2D eigenvalue weighted by Crippen LogP contribution is 2.39. The number of rotatable bonds is 8. The van der Waals surface area contributed by atoms with Crippen LogP contribution in [0.1, 0.15) is 19.8 Å². The fourth-order valence-corrected chi connectivity index (χ4v) is 2.99. The van der Waals surface area contributed by atoms with E-state index in [1.165, 1.54) is 0 Å². The van der Waals surface area contributed by atoms with E-state index in [1.807, 2.05) is 19.1 Å². The Morgan fingerprint density at radius 1 is 1.07 bits per heavy atom. The van der Waals surface area contributed by atoms with E-state index in [4.69, 9.17) is 28.7 Å². The highest BCUT2D eigenvalue weighted by atomic mass is 127. The molecule has 1 saturated heterocycles. The Kier molecular flexibility index (Phi) is 10.7. The Balaban J connectivity index is 0.00000392. The summed E-state index contributed by atoms with van der Waals surface area (Å²) in [6.07, 6.45) is 1.66. The summed E-state index contributed by atoms with van der Waals surface area (Å²) >= 11 is 0. The minimum atomic E-state index is -0.282. The van der Waals surface area contributed by atoms with Gasteiger partial charge >= 0.3 is 0 Å². The van der Waals surface area contributed by atoms with Crippen LogP contribution in [0.2, 0.25) is 0 Å². The molecule has 2 rings (SSSR count). The Morgan fingerprint density at radius 2 is 1.68 bits per heavy atom. The topological polar surface area (TPSA) is 82.6 Å². The molecule has 160 valence electrons. The predicted octanol–water partition coefficient (Wildman–Crippen LogP) is 2.90. The molecule has 0 amide bonds. The van der Waals surface area contributed by atoms with Crippen molar-refractivity contribution in [2.24, 2.45) is 4.99 Å². The summed E-state index contributed by atoms with van der Waals surface area (Å²) in [6, 6.07) is 3.68. The van der Waals surface area contributed by atoms with Gasteiger partial charge in [0.1, 0.15) is 0 Å². The van der Waals surface area contributed by atoms with Crippen LogP contribution in [0.3, 0.4) is 0 Å². The van der Waals surface area contributed by atoms with Crippen LogP contribution in [-0.4, -0.2) is 66.3 Å². The fraction of sp³-hybridized carbons (Fsp3) is 0.632. The Labute approximate surface area is 184 Å². The molecule has 0 saturated carbocycles. The maximum absolute atomic E-state index is 5.76. The van der Waals surface area contributed by atoms with Crippen molar-refractivity contribution in [3.05, 3.63) is 12.1 Å². The lowest BCUT2D eigenvalue weighted by Gasteiger charge is -2.34. The SMILES string of the molecule is CCNC(=NCC1(OC)CCOCC1)Nc1cc(OC)c(OC)c(OC)c1.I. The summed E-state index contributed by atoms with van der Waals surface area (Å²) in [5.41, 5.74) is 0.498. The smallest absolute Gasteiger partial charge is 0.203 e. The van der Waals surface area contributed by atoms with Gasteiger partial charge in [-0.2, -0.15) is 0 Å². The number of guanidine groups is 1. The number of nitrogens with one attached hydrogen (secondary N) is 2. The second-order valence-corrected chi connectivity index (χ2v) is 6.23. The summed E-state index contributed by atoms with van der Waals surface area (Å²) < 4.78 is 27.4. The van der Waals surface area contributed by atoms with E-state index in [-0.39, 0.29) is 29.6 Å². The molecule has 2 N–H and O–H groups in total. The van der Waals surface area contributed by atoms with Gasteiger partial charge in [0.25, 0.3) is 0 Å². The van der Waals surface area contributed by atoms with Crippen molar-refractivity contribution in [2.75, 3.05) is 60.1 Å². The monoisotopic (exact) mass is 509 g/mol. The highest BCUT2D eigenvalue weighted by Gasteiger charge is 2.32. The lowest BCUT2D eigenvalue weighted by Crippen LogP contribution is -2.42. The van der Waals surface area contributed by atoms with Gasteiger partial charge in [0.15, 0.2) is 17.5 Å². The molecule has 1 heterocycles. The zero-order valence-electron chi connectivity index (χ0n) is 17.3. The number of hydrogen-bond donors (Lipinski definition) is 2. The van der Waals surface area contributed by atoms with Gasteiger partial charge < -0.3 is 34.3 Å². The average molecular weight is 509 g/mol. The number of nitrogens with zero attached hydrogens (tertiary/aromatic N) is 1. The zero-order chi connectivity index (χ0) is 19.7. The van der Waals surface area contributed by atoms with Crippen LogP contribution in [0, 0.1) is 0 Å². The highest BCUT2D eigenvalue weighted by molar-refractivity contribution is 14.0. The van der Waals surface area contributed by atoms with Gasteiger partial charge in [-0.1, -0.05) is 0 Å². The molecule has 1 fully saturated rings. The van der Waals surface area contributed by atoms with E-state index >= 15 is 0 Å². The first-order valence-electron chi connectivity index (χ1n) is 9.09. The lowest BCUT2D eigenvalue weighted by atomic mass is 9.94. The molecule has 28 heavy (non-hydrogen) atoms. The number of benzene rings is 1. The fourth-order valence-electron chi connectivity index (χ4n) is 2.99. The van der Waals surface area contributed by atoms with Crippen molar-refractivity contribution in [3.63, 3.8) is 0 Å². The van der Waals surface area contributed by atoms with E-state index in [0.717, 1.165) is 25.1 Å². The first-order chi connectivity index (χ1) is 13.1. The molecular weight excluding hydrogens is 477 g/mol. The third kappa shape index (κ3) is 6.28. The summed E-state index contributed by atoms with van der Waals surface area (Å²) in [5, 5.41) is 6.55. The van der Waals surface area contributed by atoms with E-state index in [1.54, 1.807) is 28.4 Å². The summed E-state index contributed by atoms with van der Waals surface area (Å²) in [5.74, 6) is 2.36. The summed E-state index contributed by atoms with van der Waals surface area (Å²) in [7, 11) is 6.50. The van der Waals surface area contributed by atoms with E-state index in [2.05, 4.69) is 10.6 Å². The van der Waals surface area contributed by atoms with Crippen LogP contribution in [0.25, 0.3) is 0 Å². The van der Waals surface area contributed by atoms with Gasteiger partial charge in [-0.25, -0.2) is 4.99 Å². The van der Waals surface area contributed by atoms with Crippen LogP contribution in [0.15, 0.2) is 17.1 Å². The Morgan fingerprint density at radius 3 is 2.14 bits per heavy atom. The number of methoxy groups -OCH3 is 4. The molecule has 0 aromatic heterocycles. The molecule has 0 bridgehead atoms. The quantitative estimate of drug-likeness (QED) is 0.317. The average Bonchev–Trinajstić information content (AvgIpc) is 2.72. The van der Waals surface area contributed by atoms with Crippen LogP contribution in [-0.2, 0) is 9.47 Å². The standard InChI is InChI=1S/C19H31N3O5.HI/c1-6-20-18(21-13-19(26-5)7-9-27-10-8-19)22-14-11-15(23-2)17(25-4)16(12-14)24-3;/h11-12H,6-10,13H2,1-5H3,(H2,20,21,22);1H. The summed E-state index contributed by atoms with van der Waals surface area (Å²) in [6.45, 7) is 4.69. The van der Waals surface area contributed by atoms with Crippen LogP contribution < -0.4 is 24.8 Å². The zero-order valence-corrected chi connectivity index (χ0v) is 19.6. The minimum Gasteiger partial charge on any atom is -0.493 e. The molecule has 8 nitrogen and oxygen atoms in total. The van der Waals surface area contributed by atoms with Crippen molar-refractivity contribution in [2.45, 2.75) is 25.4 Å². The number of aliphatic imine (C=N–C) groups is 1. The second-order valence-electron chi connectivity index (χ2n) is 6.23. The lowest BCUT2D eigenvalue weighted by molar-refractivity contribution is -0.0828. The minimum absolute atomic E-state index is 0. The van der Waals surface area contributed by atoms with Crippen molar-refractivity contribution in [3.8, 4) is 17.2 Å². The number of hydrogen-bond acceptors (Lipinski definition) is 6. The maximum atomic E-state index is 5.76.